The van der Waals surface area contributed by atoms with Gasteiger partial charge in [0, 0.05) is 12.3 Å². The van der Waals surface area contributed by atoms with Gasteiger partial charge in [-0.25, -0.2) is 9.20 Å². The standard InChI is InChI=1S/C18H13F3N6O/c19-18(20,21)11-5-1-2-6-12(11)27-14(8-9-23-27)24-17(28)15-13-7-3-4-10-26(13)25-16(15)22/h1-10H,(H2,22,25)(H,24,28). The highest BCUT2D eigenvalue weighted by atomic mass is 19.4. The molecule has 4 aromatic rings. The minimum absolute atomic E-state index is 0.00505. The number of nitrogens with one attached hydrogen (secondary N) is 1. The topological polar surface area (TPSA) is 90.2 Å². The minimum Gasteiger partial charge on any atom is -0.382 e. The maximum Gasteiger partial charge on any atom is 0.418 e. The molecule has 0 bridgehead atoms. The molecule has 28 heavy (non-hydrogen) atoms. The summed E-state index contributed by atoms with van der Waals surface area (Å²) in [7, 11) is 0. The van der Waals surface area contributed by atoms with Crippen LogP contribution in [0.4, 0.5) is 24.8 Å². The fourth-order valence-electron chi connectivity index (χ4n) is 2.92. The normalized spacial score (nSPS) is 11.7. The van der Waals surface area contributed by atoms with E-state index in [0.717, 1.165) is 10.7 Å². The molecule has 0 atom stereocenters. The Labute approximate surface area is 156 Å². The van der Waals surface area contributed by atoms with Crippen molar-refractivity contribution >= 4 is 23.1 Å². The monoisotopic (exact) mass is 386 g/mol. The van der Waals surface area contributed by atoms with Gasteiger partial charge in [-0.1, -0.05) is 18.2 Å². The van der Waals surface area contributed by atoms with Gasteiger partial charge in [0.1, 0.15) is 11.4 Å². The van der Waals surface area contributed by atoms with Crippen LogP contribution in [0.3, 0.4) is 0 Å². The Balaban J connectivity index is 1.74. The van der Waals surface area contributed by atoms with E-state index in [1.54, 1.807) is 24.4 Å². The first-order valence-electron chi connectivity index (χ1n) is 8.11. The molecule has 0 spiro atoms. The first-order valence-corrected chi connectivity index (χ1v) is 8.11. The summed E-state index contributed by atoms with van der Waals surface area (Å²) in [6.07, 6.45) is -1.65. The Bertz CT molecular complexity index is 1180. The molecule has 3 aromatic heterocycles. The quantitative estimate of drug-likeness (QED) is 0.565. The number of hydrogen-bond acceptors (Lipinski definition) is 4. The van der Waals surface area contributed by atoms with Crippen LogP contribution in [0, 0.1) is 0 Å². The Morgan fingerprint density at radius 1 is 1.07 bits per heavy atom. The Morgan fingerprint density at radius 3 is 2.61 bits per heavy atom. The zero-order chi connectivity index (χ0) is 19.9. The van der Waals surface area contributed by atoms with Crippen LogP contribution >= 0.6 is 0 Å². The molecule has 4 rings (SSSR count). The number of halogens is 3. The number of amides is 1. The van der Waals surface area contributed by atoms with E-state index in [9.17, 15) is 18.0 Å². The lowest BCUT2D eigenvalue weighted by atomic mass is 10.1. The van der Waals surface area contributed by atoms with E-state index in [-0.39, 0.29) is 22.9 Å². The van der Waals surface area contributed by atoms with Crippen molar-refractivity contribution in [2.75, 3.05) is 11.1 Å². The molecule has 0 aliphatic heterocycles. The van der Waals surface area contributed by atoms with Gasteiger partial charge < -0.3 is 11.1 Å². The molecule has 1 aromatic carbocycles. The van der Waals surface area contributed by atoms with Gasteiger partial charge in [0.05, 0.1) is 23.0 Å². The number of pyridine rings is 1. The van der Waals surface area contributed by atoms with E-state index < -0.39 is 17.6 Å². The van der Waals surface area contributed by atoms with Crippen molar-refractivity contribution in [2.24, 2.45) is 0 Å². The van der Waals surface area contributed by atoms with Crippen LogP contribution in [-0.2, 0) is 6.18 Å². The van der Waals surface area contributed by atoms with Gasteiger partial charge in [-0.2, -0.15) is 18.3 Å². The molecular weight excluding hydrogens is 373 g/mol. The molecule has 0 unspecified atom stereocenters. The second kappa shape index (κ2) is 6.41. The highest BCUT2D eigenvalue weighted by Crippen LogP contribution is 2.34. The maximum absolute atomic E-state index is 13.3. The number of hydrogen-bond donors (Lipinski definition) is 2. The number of benzene rings is 1. The van der Waals surface area contributed by atoms with Crippen molar-refractivity contribution in [3.05, 3.63) is 72.1 Å². The largest absolute Gasteiger partial charge is 0.418 e. The number of aromatic nitrogens is 4. The molecule has 7 nitrogen and oxygen atoms in total. The van der Waals surface area contributed by atoms with Crippen molar-refractivity contribution < 1.29 is 18.0 Å². The molecule has 0 fully saturated rings. The van der Waals surface area contributed by atoms with Crippen LogP contribution in [0.2, 0.25) is 0 Å². The lowest BCUT2D eigenvalue weighted by Crippen LogP contribution is -2.18. The summed E-state index contributed by atoms with van der Waals surface area (Å²) in [4.78, 5) is 12.8. The lowest BCUT2D eigenvalue weighted by Gasteiger charge is -2.15. The second-order valence-corrected chi connectivity index (χ2v) is 5.89. The summed E-state index contributed by atoms with van der Waals surface area (Å²) in [5.74, 6) is -0.535. The average Bonchev–Trinajstić information content (AvgIpc) is 3.24. The van der Waals surface area contributed by atoms with Crippen LogP contribution in [-0.4, -0.2) is 25.3 Å². The number of nitrogens with two attached hydrogens (primary N) is 1. The number of nitrogens with zero attached hydrogens (tertiary/aromatic N) is 4. The van der Waals surface area contributed by atoms with Crippen LogP contribution < -0.4 is 11.1 Å². The predicted octanol–water partition coefficient (Wildman–Crippen LogP) is 3.37. The van der Waals surface area contributed by atoms with Crippen LogP contribution in [0.5, 0.6) is 0 Å². The fourth-order valence-corrected chi connectivity index (χ4v) is 2.92. The third-order valence-corrected chi connectivity index (χ3v) is 4.12. The molecule has 0 aliphatic carbocycles. The minimum atomic E-state index is -4.57. The third-order valence-electron chi connectivity index (χ3n) is 4.12. The van der Waals surface area contributed by atoms with Crippen LogP contribution in [0.15, 0.2) is 60.9 Å². The smallest absolute Gasteiger partial charge is 0.382 e. The summed E-state index contributed by atoms with van der Waals surface area (Å²) < 4.78 is 42.4. The van der Waals surface area contributed by atoms with Crippen LogP contribution in [0.25, 0.3) is 11.2 Å². The Hall–Kier alpha value is -3.82. The van der Waals surface area contributed by atoms with E-state index in [2.05, 4.69) is 15.5 Å². The van der Waals surface area contributed by atoms with E-state index in [0.29, 0.717) is 5.52 Å². The Kier molecular flexibility index (Phi) is 4.03. The highest BCUT2D eigenvalue weighted by molar-refractivity contribution is 6.12. The molecule has 10 heteroatoms. The number of para-hydroxylation sites is 1. The van der Waals surface area contributed by atoms with Gasteiger partial charge in [0.25, 0.3) is 5.91 Å². The number of nitrogen functional groups attached to an aromatic ring is 1. The summed E-state index contributed by atoms with van der Waals surface area (Å²) in [6, 6.07) is 11.5. The zero-order valence-corrected chi connectivity index (χ0v) is 14.2. The molecule has 1 amide bonds. The predicted molar refractivity (Wildman–Crippen MR) is 96.1 cm³/mol. The van der Waals surface area contributed by atoms with Gasteiger partial charge in [-0.05, 0) is 24.3 Å². The fraction of sp³-hybridized carbons (Fsp3) is 0.0556. The Morgan fingerprint density at radius 2 is 1.82 bits per heavy atom. The molecule has 0 saturated heterocycles. The molecule has 3 heterocycles. The molecule has 0 saturated carbocycles. The first kappa shape index (κ1) is 17.6. The van der Waals surface area contributed by atoms with Gasteiger partial charge in [-0.15, -0.1) is 5.10 Å². The number of carbonyl (C=O) groups is 1. The van der Waals surface area contributed by atoms with E-state index >= 15 is 0 Å². The number of carbonyl (C=O) groups excluding carboxylic acids is 1. The van der Waals surface area contributed by atoms with E-state index in [1.807, 2.05) is 0 Å². The number of alkyl halides is 3. The molecule has 3 N–H and O–H groups in total. The third kappa shape index (κ3) is 2.94. The average molecular weight is 386 g/mol. The lowest BCUT2D eigenvalue weighted by molar-refractivity contribution is -0.137. The van der Waals surface area contributed by atoms with Crippen molar-refractivity contribution in [3.8, 4) is 5.69 Å². The van der Waals surface area contributed by atoms with Crippen molar-refractivity contribution in [2.45, 2.75) is 6.18 Å². The highest BCUT2D eigenvalue weighted by Gasteiger charge is 2.34. The summed E-state index contributed by atoms with van der Waals surface area (Å²) in [5.41, 5.74) is 5.37. The van der Waals surface area contributed by atoms with E-state index in [1.165, 1.54) is 35.0 Å². The molecule has 0 radical (unpaired) electrons. The van der Waals surface area contributed by atoms with Gasteiger partial charge in [0.15, 0.2) is 5.82 Å². The van der Waals surface area contributed by atoms with Crippen LogP contribution in [0.1, 0.15) is 15.9 Å². The number of anilines is 2. The van der Waals surface area contributed by atoms with Gasteiger partial charge in [0.2, 0.25) is 0 Å². The summed E-state index contributed by atoms with van der Waals surface area (Å²) in [5, 5.41) is 10.5. The van der Waals surface area contributed by atoms with Gasteiger partial charge in [-0.3, -0.25) is 4.79 Å². The maximum atomic E-state index is 13.3. The van der Waals surface area contributed by atoms with Gasteiger partial charge >= 0.3 is 6.18 Å². The second-order valence-electron chi connectivity index (χ2n) is 5.89. The summed E-state index contributed by atoms with van der Waals surface area (Å²) in [6.45, 7) is 0. The van der Waals surface area contributed by atoms with E-state index in [4.69, 9.17) is 5.73 Å². The first-order chi connectivity index (χ1) is 13.4. The van der Waals surface area contributed by atoms with Crippen molar-refractivity contribution in [1.82, 2.24) is 19.4 Å². The number of rotatable bonds is 3. The molecular formula is C18H13F3N6O. The molecule has 142 valence electrons. The number of fused-ring (bicyclic) bond motifs is 1. The van der Waals surface area contributed by atoms with Crippen molar-refractivity contribution in [1.29, 1.82) is 0 Å². The summed E-state index contributed by atoms with van der Waals surface area (Å²) >= 11 is 0. The van der Waals surface area contributed by atoms with Crippen molar-refractivity contribution in [3.63, 3.8) is 0 Å². The molecule has 0 aliphatic rings. The zero-order valence-electron chi connectivity index (χ0n) is 14.2. The SMILES string of the molecule is Nc1nn2ccccc2c1C(=O)Nc1ccnn1-c1ccccc1C(F)(F)F.